The van der Waals surface area contributed by atoms with E-state index >= 15 is 0 Å². The summed E-state index contributed by atoms with van der Waals surface area (Å²) in [6.07, 6.45) is 3.36. The Morgan fingerprint density at radius 2 is 2.04 bits per heavy atom. The fraction of sp³-hybridized carbons (Fsp3) is 0.158. The van der Waals surface area contributed by atoms with Crippen molar-refractivity contribution >= 4 is 23.0 Å². The number of aromatic nitrogens is 2. The number of aryl methyl sites for hydroxylation is 1. The van der Waals surface area contributed by atoms with Gasteiger partial charge in [-0.2, -0.15) is 0 Å². The third-order valence-corrected chi connectivity index (χ3v) is 3.65. The normalized spacial score (nSPS) is 12.6. The van der Waals surface area contributed by atoms with E-state index < -0.39 is 0 Å². The van der Waals surface area contributed by atoms with Crippen LogP contribution in [-0.2, 0) is 4.79 Å². The molecule has 0 radical (unpaired) electrons. The van der Waals surface area contributed by atoms with Gasteiger partial charge in [0, 0.05) is 6.08 Å². The maximum atomic E-state index is 12.1. The fourth-order valence-electron chi connectivity index (χ4n) is 2.45. The molecule has 1 aromatic heterocycles. The number of nitrogens with one attached hydrogen (secondary N) is 2. The van der Waals surface area contributed by atoms with Crippen molar-refractivity contribution in [3.63, 3.8) is 0 Å². The molecule has 0 aliphatic heterocycles. The molecular formula is C19H19N3O. The quantitative estimate of drug-likeness (QED) is 0.721. The minimum absolute atomic E-state index is 0.139. The van der Waals surface area contributed by atoms with Crippen molar-refractivity contribution in [2.45, 2.75) is 19.9 Å². The summed E-state index contributed by atoms with van der Waals surface area (Å²) in [5, 5.41) is 2.92. The number of carbonyl (C=O) groups is 1. The molecule has 1 atom stereocenters. The van der Waals surface area contributed by atoms with Crippen LogP contribution in [0.4, 0.5) is 0 Å². The number of carbonyl (C=O) groups excluding carboxylic acids is 1. The zero-order valence-electron chi connectivity index (χ0n) is 13.2. The zero-order valence-corrected chi connectivity index (χ0v) is 13.2. The summed E-state index contributed by atoms with van der Waals surface area (Å²) in [5.74, 6) is 0.614. The van der Waals surface area contributed by atoms with Gasteiger partial charge in [0.25, 0.3) is 0 Å². The lowest BCUT2D eigenvalue weighted by molar-refractivity contribution is -0.117. The molecular weight excluding hydrogens is 286 g/mol. The van der Waals surface area contributed by atoms with Crippen LogP contribution in [0.3, 0.4) is 0 Å². The van der Waals surface area contributed by atoms with Crippen LogP contribution in [0.1, 0.15) is 29.9 Å². The van der Waals surface area contributed by atoms with Gasteiger partial charge < -0.3 is 10.3 Å². The largest absolute Gasteiger partial charge is 0.343 e. The molecule has 1 amide bonds. The number of aromatic amines is 1. The summed E-state index contributed by atoms with van der Waals surface area (Å²) < 4.78 is 0. The number of para-hydroxylation sites is 2. The summed E-state index contributed by atoms with van der Waals surface area (Å²) in [6, 6.07) is 15.6. The maximum Gasteiger partial charge on any atom is 0.244 e. The highest BCUT2D eigenvalue weighted by atomic mass is 16.1. The first-order chi connectivity index (χ1) is 11.1. The Labute approximate surface area is 135 Å². The molecule has 0 aliphatic rings. The number of fused-ring (bicyclic) bond motifs is 1. The minimum atomic E-state index is -0.183. The average Bonchev–Trinajstić information content (AvgIpc) is 2.97. The van der Waals surface area contributed by atoms with Crippen LogP contribution in [0.15, 0.2) is 54.6 Å². The predicted molar refractivity (Wildman–Crippen MR) is 92.9 cm³/mol. The van der Waals surface area contributed by atoms with Gasteiger partial charge in [-0.3, -0.25) is 4.79 Å². The van der Waals surface area contributed by atoms with Crippen LogP contribution in [0.5, 0.6) is 0 Å². The molecule has 0 saturated carbocycles. The SMILES string of the molecule is Cc1cccc(/C=C/C(=O)NC(C)c2nc3ccccc3[nH]2)c1. The van der Waals surface area contributed by atoms with E-state index in [0.717, 1.165) is 22.4 Å². The van der Waals surface area contributed by atoms with E-state index in [1.165, 1.54) is 5.56 Å². The van der Waals surface area contributed by atoms with E-state index in [1.54, 1.807) is 6.08 Å². The van der Waals surface area contributed by atoms with Crippen molar-refractivity contribution in [1.82, 2.24) is 15.3 Å². The lowest BCUT2D eigenvalue weighted by Crippen LogP contribution is -2.25. The summed E-state index contributed by atoms with van der Waals surface area (Å²) in [4.78, 5) is 19.8. The first-order valence-corrected chi connectivity index (χ1v) is 7.62. The Hall–Kier alpha value is -2.88. The molecule has 4 heteroatoms. The molecule has 4 nitrogen and oxygen atoms in total. The van der Waals surface area contributed by atoms with E-state index in [4.69, 9.17) is 0 Å². The Bertz CT molecular complexity index is 831. The zero-order chi connectivity index (χ0) is 16.2. The highest BCUT2D eigenvalue weighted by Gasteiger charge is 2.11. The number of H-pyrrole nitrogens is 1. The number of benzene rings is 2. The van der Waals surface area contributed by atoms with Crippen LogP contribution in [0, 0.1) is 6.92 Å². The van der Waals surface area contributed by atoms with Crippen LogP contribution in [0.25, 0.3) is 17.1 Å². The predicted octanol–water partition coefficient (Wildman–Crippen LogP) is 3.76. The van der Waals surface area contributed by atoms with Gasteiger partial charge in [-0.15, -0.1) is 0 Å². The number of hydrogen-bond acceptors (Lipinski definition) is 2. The second-order valence-corrected chi connectivity index (χ2v) is 5.62. The Kier molecular flexibility index (Phi) is 4.24. The van der Waals surface area contributed by atoms with Crippen molar-refractivity contribution in [2.24, 2.45) is 0 Å². The molecule has 3 aromatic rings. The van der Waals surface area contributed by atoms with Crippen LogP contribution >= 0.6 is 0 Å². The highest BCUT2D eigenvalue weighted by molar-refractivity contribution is 5.92. The van der Waals surface area contributed by atoms with Gasteiger partial charge in [0.15, 0.2) is 0 Å². The lowest BCUT2D eigenvalue weighted by atomic mass is 10.1. The van der Waals surface area contributed by atoms with Gasteiger partial charge in [0.2, 0.25) is 5.91 Å². The van der Waals surface area contributed by atoms with Crippen LogP contribution in [-0.4, -0.2) is 15.9 Å². The Morgan fingerprint density at radius 3 is 2.83 bits per heavy atom. The van der Waals surface area contributed by atoms with Gasteiger partial charge in [0.05, 0.1) is 17.1 Å². The van der Waals surface area contributed by atoms with Crippen molar-refractivity contribution in [1.29, 1.82) is 0 Å². The van der Waals surface area contributed by atoms with Crippen molar-refractivity contribution in [3.8, 4) is 0 Å². The monoisotopic (exact) mass is 305 g/mol. The van der Waals surface area contributed by atoms with E-state index in [-0.39, 0.29) is 11.9 Å². The Morgan fingerprint density at radius 1 is 1.22 bits per heavy atom. The average molecular weight is 305 g/mol. The highest BCUT2D eigenvalue weighted by Crippen LogP contribution is 2.15. The van der Waals surface area contributed by atoms with Gasteiger partial charge >= 0.3 is 0 Å². The van der Waals surface area contributed by atoms with Crippen molar-refractivity contribution in [2.75, 3.05) is 0 Å². The molecule has 0 fully saturated rings. The maximum absolute atomic E-state index is 12.1. The smallest absolute Gasteiger partial charge is 0.244 e. The molecule has 0 aliphatic carbocycles. The lowest BCUT2D eigenvalue weighted by Gasteiger charge is -2.09. The van der Waals surface area contributed by atoms with Gasteiger partial charge in [0.1, 0.15) is 5.82 Å². The number of nitrogens with zero attached hydrogens (tertiary/aromatic N) is 1. The summed E-state index contributed by atoms with van der Waals surface area (Å²) in [7, 11) is 0. The van der Waals surface area contributed by atoms with E-state index in [2.05, 4.69) is 15.3 Å². The van der Waals surface area contributed by atoms with E-state index in [0.29, 0.717) is 0 Å². The second kappa shape index (κ2) is 6.48. The molecule has 0 saturated heterocycles. The van der Waals surface area contributed by atoms with Gasteiger partial charge in [-0.1, -0.05) is 42.0 Å². The molecule has 0 bridgehead atoms. The molecule has 1 unspecified atom stereocenters. The number of hydrogen-bond donors (Lipinski definition) is 2. The number of amides is 1. The van der Waals surface area contributed by atoms with Gasteiger partial charge in [-0.05, 0) is 37.6 Å². The third kappa shape index (κ3) is 3.66. The first kappa shape index (κ1) is 15.0. The molecule has 3 rings (SSSR count). The van der Waals surface area contributed by atoms with Crippen LogP contribution in [0.2, 0.25) is 0 Å². The third-order valence-electron chi connectivity index (χ3n) is 3.65. The second-order valence-electron chi connectivity index (χ2n) is 5.62. The standard InChI is InChI=1S/C19H19N3O/c1-13-6-5-7-15(12-13)10-11-18(23)20-14(2)19-21-16-8-3-4-9-17(16)22-19/h3-12,14H,1-2H3,(H,20,23)(H,21,22)/b11-10+. The molecule has 2 aromatic carbocycles. The molecule has 2 N–H and O–H groups in total. The topological polar surface area (TPSA) is 57.8 Å². The molecule has 116 valence electrons. The molecule has 23 heavy (non-hydrogen) atoms. The summed E-state index contributed by atoms with van der Waals surface area (Å²) in [6.45, 7) is 3.94. The van der Waals surface area contributed by atoms with Gasteiger partial charge in [-0.25, -0.2) is 4.98 Å². The van der Waals surface area contributed by atoms with Crippen LogP contribution < -0.4 is 5.32 Å². The molecule has 0 spiro atoms. The van der Waals surface area contributed by atoms with E-state index in [1.807, 2.05) is 68.5 Å². The molecule has 1 heterocycles. The number of imidazole rings is 1. The van der Waals surface area contributed by atoms with E-state index in [9.17, 15) is 4.79 Å². The minimum Gasteiger partial charge on any atom is -0.343 e. The number of rotatable bonds is 4. The Balaban J connectivity index is 1.67. The first-order valence-electron chi connectivity index (χ1n) is 7.62. The fourth-order valence-corrected chi connectivity index (χ4v) is 2.45. The van der Waals surface area contributed by atoms with Crippen molar-refractivity contribution < 1.29 is 4.79 Å². The van der Waals surface area contributed by atoms with Crippen molar-refractivity contribution in [3.05, 3.63) is 71.6 Å². The summed E-state index contributed by atoms with van der Waals surface area (Å²) in [5.41, 5.74) is 4.05. The summed E-state index contributed by atoms with van der Waals surface area (Å²) >= 11 is 0.